The third-order valence-electron chi connectivity index (χ3n) is 4.45. The molecule has 3 aromatic rings. The maximum atomic E-state index is 12.0. The van der Waals surface area contributed by atoms with Crippen molar-refractivity contribution in [2.45, 2.75) is 17.9 Å². The van der Waals surface area contributed by atoms with Crippen LogP contribution in [0.3, 0.4) is 0 Å². The minimum absolute atomic E-state index is 0.108. The van der Waals surface area contributed by atoms with Gasteiger partial charge in [0, 0.05) is 36.9 Å². The van der Waals surface area contributed by atoms with Crippen molar-refractivity contribution in [3.05, 3.63) is 47.6 Å². The predicted molar refractivity (Wildman–Crippen MR) is 112 cm³/mol. The molecular formula is C19H20ClN5O3S. The molecule has 10 heteroatoms. The number of fused-ring (bicyclic) bond motifs is 1. The van der Waals surface area contributed by atoms with Gasteiger partial charge in [-0.25, -0.2) is 23.1 Å². The standard InChI is InChI=1S/C19H20ClN5O3S/c1-2-23-29(26,27)14-5-3-12(4-6-14)24-19-22-11-15-16(20)7-8-17(18(15)25-19)28-13-9-21-10-13/h3-8,11,13,21,23H,2,9-10H2,1H3,(H,22,24,25). The van der Waals surface area contributed by atoms with Crippen molar-refractivity contribution in [2.75, 3.05) is 25.0 Å². The lowest BCUT2D eigenvalue weighted by Crippen LogP contribution is -2.50. The molecule has 0 atom stereocenters. The quantitative estimate of drug-likeness (QED) is 0.526. The van der Waals surface area contributed by atoms with Crippen LogP contribution in [0.1, 0.15) is 6.92 Å². The van der Waals surface area contributed by atoms with Crippen LogP contribution >= 0.6 is 11.6 Å². The molecule has 2 heterocycles. The van der Waals surface area contributed by atoms with Crippen LogP contribution in [0.25, 0.3) is 10.9 Å². The van der Waals surface area contributed by atoms with Crippen molar-refractivity contribution >= 4 is 44.2 Å². The molecule has 152 valence electrons. The van der Waals surface area contributed by atoms with Crippen molar-refractivity contribution in [2.24, 2.45) is 0 Å². The second-order valence-electron chi connectivity index (χ2n) is 6.55. The zero-order valence-electron chi connectivity index (χ0n) is 15.6. The highest BCUT2D eigenvalue weighted by Gasteiger charge is 2.20. The van der Waals surface area contributed by atoms with Gasteiger partial charge in [0.05, 0.1) is 9.92 Å². The predicted octanol–water partition coefficient (Wildman–Crippen LogP) is 2.68. The summed E-state index contributed by atoms with van der Waals surface area (Å²) in [6, 6.07) is 9.94. The highest BCUT2D eigenvalue weighted by molar-refractivity contribution is 7.89. The Bertz CT molecular complexity index is 1130. The molecule has 0 bridgehead atoms. The van der Waals surface area contributed by atoms with Crippen LogP contribution in [-0.2, 0) is 10.0 Å². The second kappa shape index (κ2) is 8.11. The van der Waals surface area contributed by atoms with Crippen LogP contribution in [0.5, 0.6) is 5.75 Å². The van der Waals surface area contributed by atoms with E-state index in [0.29, 0.717) is 39.9 Å². The smallest absolute Gasteiger partial charge is 0.240 e. The average Bonchev–Trinajstić information content (AvgIpc) is 2.66. The first-order valence-electron chi connectivity index (χ1n) is 9.15. The number of nitrogens with zero attached hydrogens (tertiary/aromatic N) is 2. The summed E-state index contributed by atoms with van der Waals surface area (Å²) in [6.45, 7) is 3.65. The molecule has 0 saturated carbocycles. The highest BCUT2D eigenvalue weighted by Crippen LogP contribution is 2.31. The number of aromatic nitrogens is 2. The van der Waals surface area contributed by atoms with E-state index in [-0.39, 0.29) is 11.0 Å². The first-order chi connectivity index (χ1) is 14.0. The van der Waals surface area contributed by atoms with Crippen molar-refractivity contribution in [3.8, 4) is 5.75 Å². The molecule has 2 aromatic carbocycles. The summed E-state index contributed by atoms with van der Waals surface area (Å²) in [7, 11) is -3.49. The number of sulfonamides is 1. The van der Waals surface area contributed by atoms with Gasteiger partial charge in [-0.3, -0.25) is 0 Å². The normalized spacial score (nSPS) is 14.6. The van der Waals surface area contributed by atoms with Gasteiger partial charge in [-0.1, -0.05) is 18.5 Å². The van der Waals surface area contributed by atoms with E-state index in [0.717, 1.165) is 13.1 Å². The number of hydrogen-bond donors (Lipinski definition) is 3. The molecule has 0 radical (unpaired) electrons. The third kappa shape index (κ3) is 4.27. The Morgan fingerprint density at radius 2 is 1.97 bits per heavy atom. The van der Waals surface area contributed by atoms with Gasteiger partial charge in [0.25, 0.3) is 0 Å². The fraction of sp³-hybridized carbons (Fsp3) is 0.263. The van der Waals surface area contributed by atoms with Crippen LogP contribution < -0.4 is 20.1 Å². The van der Waals surface area contributed by atoms with E-state index in [1.165, 1.54) is 12.1 Å². The summed E-state index contributed by atoms with van der Waals surface area (Å²) >= 11 is 6.28. The minimum Gasteiger partial charge on any atom is -0.485 e. The van der Waals surface area contributed by atoms with E-state index in [2.05, 4.69) is 25.3 Å². The first-order valence-corrected chi connectivity index (χ1v) is 11.0. The van der Waals surface area contributed by atoms with Gasteiger partial charge < -0.3 is 15.4 Å². The molecule has 0 aliphatic carbocycles. The molecule has 8 nitrogen and oxygen atoms in total. The lowest BCUT2D eigenvalue weighted by molar-refractivity contribution is 0.144. The van der Waals surface area contributed by atoms with Crippen LogP contribution in [0, 0.1) is 0 Å². The van der Waals surface area contributed by atoms with E-state index in [4.69, 9.17) is 16.3 Å². The number of ether oxygens (including phenoxy) is 1. The molecule has 1 aromatic heterocycles. The lowest BCUT2D eigenvalue weighted by atomic mass is 10.2. The summed E-state index contributed by atoms with van der Waals surface area (Å²) in [5, 5.41) is 7.50. The van der Waals surface area contributed by atoms with E-state index >= 15 is 0 Å². The summed E-state index contributed by atoms with van der Waals surface area (Å²) in [6.07, 6.45) is 1.75. The number of rotatable bonds is 7. The summed E-state index contributed by atoms with van der Waals surface area (Å²) < 4.78 is 32.5. The van der Waals surface area contributed by atoms with Gasteiger partial charge in [0.2, 0.25) is 16.0 Å². The molecule has 3 N–H and O–H groups in total. The molecule has 1 fully saturated rings. The monoisotopic (exact) mass is 433 g/mol. The Kier molecular flexibility index (Phi) is 5.55. The third-order valence-corrected chi connectivity index (χ3v) is 6.34. The highest BCUT2D eigenvalue weighted by atomic mass is 35.5. The fourth-order valence-corrected chi connectivity index (χ4v) is 4.10. The SMILES string of the molecule is CCNS(=O)(=O)c1ccc(Nc2ncc3c(Cl)ccc(OC4CNC4)c3n2)cc1. The second-order valence-corrected chi connectivity index (χ2v) is 8.72. The largest absolute Gasteiger partial charge is 0.485 e. The van der Waals surface area contributed by atoms with E-state index in [1.54, 1.807) is 37.4 Å². The Morgan fingerprint density at radius 3 is 2.62 bits per heavy atom. The van der Waals surface area contributed by atoms with Crippen LogP contribution in [0.2, 0.25) is 5.02 Å². The van der Waals surface area contributed by atoms with Gasteiger partial charge in [-0.05, 0) is 36.4 Å². The minimum atomic E-state index is -3.49. The van der Waals surface area contributed by atoms with Gasteiger partial charge in [0.15, 0.2) is 0 Å². The number of benzene rings is 2. The zero-order valence-corrected chi connectivity index (χ0v) is 17.2. The van der Waals surface area contributed by atoms with Crippen LogP contribution in [-0.4, -0.2) is 44.1 Å². The number of halogens is 1. The topological polar surface area (TPSA) is 105 Å². The Labute approximate surface area is 173 Å². The van der Waals surface area contributed by atoms with Crippen LogP contribution in [0.4, 0.5) is 11.6 Å². The van der Waals surface area contributed by atoms with E-state index in [9.17, 15) is 8.42 Å². The van der Waals surface area contributed by atoms with Crippen LogP contribution in [0.15, 0.2) is 47.5 Å². The molecule has 1 aliphatic heterocycles. The molecule has 4 rings (SSSR count). The molecule has 0 unspecified atom stereocenters. The Morgan fingerprint density at radius 1 is 1.21 bits per heavy atom. The Balaban J connectivity index is 1.60. The van der Waals surface area contributed by atoms with Gasteiger partial charge >= 0.3 is 0 Å². The number of hydrogen-bond acceptors (Lipinski definition) is 7. The van der Waals surface area contributed by atoms with Crippen molar-refractivity contribution in [1.29, 1.82) is 0 Å². The number of anilines is 2. The van der Waals surface area contributed by atoms with E-state index < -0.39 is 10.0 Å². The first kappa shape index (κ1) is 19.8. The Hall–Kier alpha value is -2.46. The molecular weight excluding hydrogens is 414 g/mol. The summed E-state index contributed by atoms with van der Waals surface area (Å²) in [4.78, 5) is 9.07. The molecule has 0 amide bonds. The van der Waals surface area contributed by atoms with Crippen molar-refractivity contribution in [1.82, 2.24) is 20.0 Å². The van der Waals surface area contributed by atoms with Gasteiger partial charge in [-0.2, -0.15) is 0 Å². The molecule has 1 saturated heterocycles. The molecule has 0 spiro atoms. The summed E-state index contributed by atoms with van der Waals surface area (Å²) in [5.41, 5.74) is 1.28. The maximum absolute atomic E-state index is 12.0. The van der Waals surface area contributed by atoms with Crippen molar-refractivity contribution in [3.63, 3.8) is 0 Å². The molecule has 1 aliphatic rings. The maximum Gasteiger partial charge on any atom is 0.240 e. The summed E-state index contributed by atoms with van der Waals surface area (Å²) in [5.74, 6) is 1.01. The average molecular weight is 434 g/mol. The van der Waals surface area contributed by atoms with Gasteiger partial charge in [0.1, 0.15) is 17.4 Å². The fourth-order valence-electron chi connectivity index (χ4n) is 2.86. The van der Waals surface area contributed by atoms with Gasteiger partial charge in [-0.15, -0.1) is 0 Å². The van der Waals surface area contributed by atoms with Crippen molar-refractivity contribution < 1.29 is 13.2 Å². The van der Waals surface area contributed by atoms with E-state index in [1.807, 2.05) is 0 Å². The molecule has 29 heavy (non-hydrogen) atoms. The zero-order chi connectivity index (χ0) is 20.4. The number of nitrogens with one attached hydrogen (secondary N) is 3. The lowest BCUT2D eigenvalue weighted by Gasteiger charge is -2.28.